The van der Waals surface area contributed by atoms with Crippen molar-refractivity contribution in [2.24, 2.45) is 0 Å². The van der Waals surface area contributed by atoms with Crippen molar-refractivity contribution >= 4 is 28.9 Å². The number of carbonyl (C=O) groups is 1. The molecule has 1 aromatic carbocycles. The van der Waals surface area contributed by atoms with Crippen LogP contribution >= 0.6 is 11.6 Å². The quantitative estimate of drug-likeness (QED) is 0.449. The molecule has 0 aliphatic carbocycles. The van der Waals surface area contributed by atoms with E-state index in [0.717, 1.165) is 0 Å². The van der Waals surface area contributed by atoms with Gasteiger partial charge in [-0.3, -0.25) is 14.9 Å². The molecule has 7 nitrogen and oxygen atoms in total. The third-order valence-corrected chi connectivity index (χ3v) is 2.56. The van der Waals surface area contributed by atoms with E-state index in [-0.39, 0.29) is 28.8 Å². The van der Waals surface area contributed by atoms with Gasteiger partial charge in [0.15, 0.2) is 0 Å². The molecule has 0 aromatic heterocycles. The molecule has 2 N–H and O–H groups in total. The van der Waals surface area contributed by atoms with Crippen molar-refractivity contribution in [2.45, 2.75) is 0 Å². The Morgan fingerprint density at radius 1 is 1.53 bits per heavy atom. The molecule has 0 bridgehead atoms. The highest BCUT2D eigenvalue weighted by Gasteiger charge is 2.16. The van der Waals surface area contributed by atoms with Gasteiger partial charge in [0.1, 0.15) is 5.69 Å². The number of para-hydroxylation sites is 1. The van der Waals surface area contributed by atoms with Crippen molar-refractivity contribution in [1.82, 2.24) is 5.32 Å². The van der Waals surface area contributed by atoms with E-state index in [0.29, 0.717) is 13.2 Å². The molecule has 0 saturated heterocycles. The van der Waals surface area contributed by atoms with E-state index in [1.165, 1.54) is 25.3 Å². The van der Waals surface area contributed by atoms with Crippen LogP contribution in [0, 0.1) is 10.1 Å². The summed E-state index contributed by atoms with van der Waals surface area (Å²) in [4.78, 5) is 21.7. The van der Waals surface area contributed by atoms with E-state index < -0.39 is 4.92 Å². The minimum Gasteiger partial charge on any atom is -0.383 e. The fraction of sp³-hybridized carbons (Fsp3) is 0.364. The Labute approximate surface area is 115 Å². The molecule has 19 heavy (non-hydrogen) atoms. The van der Waals surface area contributed by atoms with Gasteiger partial charge in [0.2, 0.25) is 5.91 Å². The molecular formula is C11H14ClN3O4. The number of anilines is 1. The minimum absolute atomic E-state index is 0.103. The second-order valence-electron chi connectivity index (χ2n) is 3.59. The molecular weight excluding hydrogens is 274 g/mol. The lowest BCUT2D eigenvalue weighted by atomic mass is 10.2. The van der Waals surface area contributed by atoms with Crippen LogP contribution in [0.5, 0.6) is 0 Å². The normalized spacial score (nSPS) is 10.0. The maximum atomic E-state index is 11.4. The number of carbonyl (C=O) groups excluding carboxylic acids is 1. The summed E-state index contributed by atoms with van der Waals surface area (Å²) < 4.78 is 4.78. The van der Waals surface area contributed by atoms with E-state index in [1.54, 1.807) is 0 Å². The van der Waals surface area contributed by atoms with Gasteiger partial charge in [-0.2, -0.15) is 0 Å². The number of methoxy groups -OCH3 is 1. The minimum atomic E-state index is -0.558. The molecule has 0 spiro atoms. The number of amides is 1. The smallest absolute Gasteiger partial charge is 0.293 e. The topological polar surface area (TPSA) is 93.5 Å². The van der Waals surface area contributed by atoms with Crippen molar-refractivity contribution in [3.63, 3.8) is 0 Å². The molecule has 0 radical (unpaired) electrons. The van der Waals surface area contributed by atoms with Crippen LogP contribution in [0.4, 0.5) is 11.4 Å². The lowest BCUT2D eigenvalue weighted by molar-refractivity contribution is -0.383. The van der Waals surface area contributed by atoms with Gasteiger partial charge in [0.05, 0.1) is 23.1 Å². The average Bonchev–Trinajstić information content (AvgIpc) is 2.37. The summed E-state index contributed by atoms with van der Waals surface area (Å²) in [6.07, 6.45) is 0. The molecule has 104 valence electrons. The number of halogens is 1. The van der Waals surface area contributed by atoms with Crippen LogP contribution in [0.3, 0.4) is 0 Å². The molecule has 1 aromatic rings. The summed E-state index contributed by atoms with van der Waals surface area (Å²) in [5, 5.41) is 16.3. The Balaban J connectivity index is 2.62. The number of rotatable bonds is 7. The highest BCUT2D eigenvalue weighted by Crippen LogP contribution is 2.31. The molecule has 0 aliphatic rings. The van der Waals surface area contributed by atoms with Crippen LogP contribution in [0.25, 0.3) is 0 Å². The van der Waals surface area contributed by atoms with Crippen LogP contribution in [0.15, 0.2) is 18.2 Å². The summed E-state index contributed by atoms with van der Waals surface area (Å²) in [5.74, 6) is -0.300. The lowest BCUT2D eigenvalue weighted by Gasteiger charge is -2.09. The van der Waals surface area contributed by atoms with Gasteiger partial charge in [-0.1, -0.05) is 17.7 Å². The lowest BCUT2D eigenvalue weighted by Crippen LogP contribution is -2.32. The van der Waals surface area contributed by atoms with Gasteiger partial charge in [0.25, 0.3) is 5.69 Å². The van der Waals surface area contributed by atoms with Gasteiger partial charge < -0.3 is 15.4 Å². The number of benzene rings is 1. The zero-order valence-electron chi connectivity index (χ0n) is 10.3. The van der Waals surface area contributed by atoms with Crippen LogP contribution < -0.4 is 10.6 Å². The molecule has 0 saturated carbocycles. The zero-order valence-corrected chi connectivity index (χ0v) is 11.1. The number of hydrogen-bond donors (Lipinski definition) is 2. The third kappa shape index (κ3) is 4.72. The van der Waals surface area contributed by atoms with E-state index in [9.17, 15) is 14.9 Å². The van der Waals surface area contributed by atoms with E-state index in [4.69, 9.17) is 16.3 Å². The molecule has 0 aliphatic heterocycles. The molecule has 0 atom stereocenters. The number of nitrogens with one attached hydrogen (secondary N) is 2. The van der Waals surface area contributed by atoms with Gasteiger partial charge in [-0.25, -0.2) is 0 Å². The highest BCUT2D eigenvalue weighted by molar-refractivity contribution is 6.33. The first kappa shape index (κ1) is 15.2. The van der Waals surface area contributed by atoms with Crippen molar-refractivity contribution < 1.29 is 14.5 Å². The zero-order chi connectivity index (χ0) is 14.3. The Kier molecular flexibility index (Phi) is 6.04. The van der Waals surface area contributed by atoms with Crippen LogP contribution in [0.1, 0.15) is 0 Å². The summed E-state index contributed by atoms with van der Waals surface area (Å²) in [6, 6.07) is 4.31. The number of hydrogen-bond acceptors (Lipinski definition) is 5. The second-order valence-corrected chi connectivity index (χ2v) is 3.99. The van der Waals surface area contributed by atoms with Crippen molar-refractivity contribution in [3.8, 4) is 0 Å². The number of nitrogens with zero attached hydrogens (tertiary/aromatic N) is 1. The summed E-state index contributed by atoms with van der Waals surface area (Å²) in [7, 11) is 1.53. The Morgan fingerprint density at radius 2 is 2.26 bits per heavy atom. The van der Waals surface area contributed by atoms with Gasteiger partial charge >= 0.3 is 0 Å². The van der Waals surface area contributed by atoms with Crippen LogP contribution in [-0.2, 0) is 9.53 Å². The van der Waals surface area contributed by atoms with Crippen LogP contribution in [0.2, 0.25) is 5.02 Å². The van der Waals surface area contributed by atoms with Crippen molar-refractivity contribution in [1.29, 1.82) is 0 Å². The standard InChI is InChI=1S/C11H14ClN3O4/c1-19-6-5-13-10(16)7-14-11-8(12)3-2-4-9(11)15(17)18/h2-4,14H,5-7H2,1H3,(H,13,16). The average molecular weight is 288 g/mol. The van der Waals surface area contributed by atoms with Gasteiger partial charge in [-0.15, -0.1) is 0 Å². The van der Waals surface area contributed by atoms with Crippen LogP contribution in [-0.4, -0.2) is 37.6 Å². The molecule has 1 amide bonds. The predicted octanol–water partition coefficient (Wildman–Crippen LogP) is 1.42. The summed E-state index contributed by atoms with van der Waals surface area (Å²) in [5.41, 5.74) is -0.0340. The third-order valence-electron chi connectivity index (χ3n) is 2.24. The highest BCUT2D eigenvalue weighted by atomic mass is 35.5. The first-order valence-corrected chi connectivity index (χ1v) is 5.86. The molecule has 0 fully saturated rings. The summed E-state index contributed by atoms with van der Waals surface area (Å²) in [6.45, 7) is 0.675. The Morgan fingerprint density at radius 3 is 2.89 bits per heavy atom. The first-order chi connectivity index (χ1) is 9.06. The largest absolute Gasteiger partial charge is 0.383 e. The maximum Gasteiger partial charge on any atom is 0.293 e. The SMILES string of the molecule is COCCNC(=O)CNc1c(Cl)cccc1[N+](=O)[O-]. The monoisotopic (exact) mass is 287 g/mol. The maximum absolute atomic E-state index is 11.4. The van der Waals surface area contributed by atoms with Gasteiger partial charge in [0, 0.05) is 19.7 Å². The fourth-order valence-electron chi connectivity index (χ4n) is 1.36. The number of ether oxygens (including phenoxy) is 1. The molecule has 0 heterocycles. The van der Waals surface area contributed by atoms with Crippen molar-refractivity contribution in [3.05, 3.63) is 33.3 Å². The molecule has 1 rings (SSSR count). The van der Waals surface area contributed by atoms with Crippen molar-refractivity contribution in [2.75, 3.05) is 32.1 Å². The summed E-state index contributed by atoms with van der Waals surface area (Å²) >= 11 is 5.87. The second kappa shape index (κ2) is 7.55. The first-order valence-electron chi connectivity index (χ1n) is 5.48. The molecule has 0 unspecified atom stereocenters. The Hall–Kier alpha value is -1.86. The predicted molar refractivity (Wildman–Crippen MR) is 71.5 cm³/mol. The number of nitro groups is 1. The number of nitro benzene ring substituents is 1. The fourth-order valence-corrected chi connectivity index (χ4v) is 1.60. The van der Waals surface area contributed by atoms with E-state index >= 15 is 0 Å². The Bertz CT molecular complexity index is 467. The van der Waals surface area contributed by atoms with E-state index in [2.05, 4.69) is 10.6 Å². The van der Waals surface area contributed by atoms with Gasteiger partial charge in [-0.05, 0) is 6.07 Å². The van der Waals surface area contributed by atoms with E-state index in [1.807, 2.05) is 0 Å². The molecule has 8 heteroatoms.